The van der Waals surface area contributed by atoms with Crippen molar-refractivity contribution < 1.29 is 9.90 Å². The normalized spacial score (nSPS) is 14.0. The fourth-order valence-corrected chi connectivity index (χ4v) is 2.51. The number of carbonyl (C=O) groups is 1. The lowest BCUT2D eigenvalue weighted by Gasteiger charge is -2.29. The second-order valence-electron chi connectivity index (χ2n) is 4.81. The fraction of sp³-hybridized carbons (Fsp3) is 0.500. The molecule has 0 saturated heterocycles. The first kappa shape index (κ1) is 15.0. The maximum atomic E-state index is 12.1. The van der Waals surface area contributed by atoms with Crippen molar-refractivity contribution in [3.8, 4) is 5.75 Å². The van der Waals surface area contributed by atoms with Crippen molar-refractivity contribution >= 4 is 21.8 Å². The maximum Gasteiger partial charge on any atom is 0.251 e. The Balaban J connectivity index is 2.84. The highest BCUT2D eigenvalue weighted by Gasteiger charge is 2.24. The highest BCUT2D eigenvalue weighted by atomic mass is 79.9. The van der Waals surface area contributed by atoms with E-state index in [4.69, 9.17) is 0 Å². The molecule has 3 nitrogen and oxygen atoms in total. The number of alkyl halides is 1. The van der Waals surface area contributed by atoms with Gasteiger partial charge < -0.3 is 10.4 Å². The molecule has 0 bridgehead atoms. The summed E-state index contributed by atoms with van der Waals surface area (Å²) >= 11 is 3.40. The van der Waals surface area contributed by atoms with Crippen molar-refractivity contribution in [1.29, 1.82) is 0 Å². The third-order valence-corrected chi connectivity index (χ3v) is 3.71. The zero-order valence-electron chi connectivity index (χ0n) is 11.1. The van der Waals surface area contributed by atoms with E-state index >= 15 is 0 Å². The molecule has 1 aromatic carbocycles. The van der Waals surface area contributed by atoms with Gasteiger partial charge in [0.05, 0.1) is 0 Å². The van der Waals surface area contributed by atoms with E-state index in [1.54, 1.807) is 19.1 Å². The molecule has 0 heterocycles. The molecule has 0 spiro atoms. The van der Waals surface area contributed by atoms with Gasteiger partial charge >= 0.3 is 0 Å². The standard InChI is InChI=1S/C14H20BrNO2/c1-4-14(3,7-8-15)16-13(18)11-6-5-10(2)12(17)9-11/h5-6,9,17H,4,7-8H2,1-3H3,(H,16,18). The molecule has 1 unspecified atom stereocenters. The molecule has 1 aromatic rings. The summed E-state index contributed by atoms with van der Waals surface area (Å²) in [6, 6.07) is 4.99. The van der Waals surface area contributed by atoms with Crippen LogP contribution in [0.4, 0.5) is 0 Å². The topological polar surface area (TPSA) is 49.3 Å². The predicted molar refractivity (Wildman–Crippen MR) is 77.4 cm³/mol. The minimum absolute atomic E-state index is 0.143. The van der Waals surface area contributed by atoms with Gasteiger partial charge in [-0.25, -0.2) is 0 Å². The number of benzene rings is 1. The van der Waals surface area contributed by atoms with Crippen molar-refractivity contribution in [2.24, 2.45) is 0 Å². The molecular weight excluding hydrogens is 294 g/mol. The van der Waals surface area contributed by atoms with Gasteiger partial charge in [-0.1, -0.05) is 28.9 Å². The van der Waals surface area contributed by atoms with Crippen LogP contribution in [0.5, 0.6) is 5.75 Å². The van der Waals surface area contributed by atoms with E-state index in [9.17, 15) is 9.90 Å². The average Bonchev–Trinajstić information content (AvgIpc) is 2.32. The summed E-state index contributed by atoms with van der Waals surface area (Å²) in [5.74, 6) is 0.0111. The molecule has 0 aliphatic carbocycles. The van der Waals surface area contributed by atoms with Crippen LogP contribution >= 0.6 is 15.9 Å². The molecule has 0 saturated carbocycles. The van der Waals surface area contributed by atoms with Crippen LogP contribution in [0.2, 0.25) is 0 Å². The molecule has 1 amide bonds. The van der Waals surface area contributed by atoms with Crippen molar-refractivity contribution in [2.75, 3.05) is 5.33 Å². The number of carbonyl (C=O) groups excluding carboxylic acids is 1. The van der Waals surface area contributed by atoms with Crippen molar-refractivity contribution in [2.45, 2.75) is 39.2 Å². The van der Waals surface area contributed by atoms with E-state index in [0.717, 1.165) is 23.7 Å². The zero-order chi connectivity index (χ0) is 13.8. The Hall–Kier alpha value is -1.03. The van der Waals surface area contributed by atoms with Gasteiger partial charge in [0.25, 0.3) is 5.91 Å². The summed E-state index contributed by atoms with van der Waals surface area (Å²) in [7, 11) is 0. The molecule has 100 valence electrons. The van der Waals surface area contributed by atoms with Crippen molar-refractivity contribution in [3.05, 3.63) is 29.3 Å². The summed E-state index contributed by atoms with van der Waals surface area (Å²) < 4.78 is 0. The molecule has 18 heavy (non-hydrogen) atoms. The number of nitrogens with one attached hydrogen (secondary N) is 1. The minimum Gasteiger partial charge on any atom is -0.508 e. The van der Waals surface area contributed by atoms with Gasteiger partial charge in [0.2, 0.25) is 0 Å². The molecule has 0 aliphatic rings. The van der Waals surface area contributed by atoms with Crippen LogP contribution in [0.3, 0.4) is 0 Å². The lowest BCUT2D eigenvalue weighted by atomic mass is 9.95. The molecule has 1 rings (SSSR count). The smallest absolute Gasteiger partial charge is 0.251 e. The van der Waals surface area contributed by atoms with Gasteiger partial charge in [-0.2, -0.15) is 0 Å². The van der Waals surface area contributed by atoms with Crippen LogP contribution < -0.4 is 5.32 Å². The number of hydrogen-bond acceptors (Lipinski definition) is 2. The van der Waals surface area contributed by atoms with Crippen LogP contribution in [-0.4, -0.2) is 21.9 Å². The van der Waals surface area contributed by atoms with E-state index in [2.05, 4.69) is 28.2 Å². The Morgan fingerprint density at radius 2 is 2.17 bits per heavy atom. The second-order valence-corrected chi connectivity index (χ2v) is 5.60. The number of aryl methyl sites for hydroxylation is 1. The van der Waals surface area contributed by atoms with E-state index in [1.165, 1.54) is 6.07 Å². The van der Waals surface area contributed by atoms with Crippen LogP contribution in [0.25, 0.3) is 0 Å². The summed E-state index contributed by atoms with van der Waals surface area (Å²) in [6.07, 6.45) is 1.73. The van der Waals surface area contributed by atoms with Gasteiger partial charge in [0.1, 0.15) is 5.75 Å². The van der Waals surface area contributed by atoms with Crippen LogP contribution in [0.15, 0.2) is 18.2 Å². The van der Waals surface area contributed by atoms with Gasteiger partial charge in [0, 0.05) is 16.4 Å². The molecule has 0 aromatic heterocycles. The number of phenols is 1. The number of phenolic OH excluding ortho intramolecular Hbond substituents is 1. The monoisotopic (exact) mass is 313 g/mol. The summed E-state index contributed by atoms with van der Waals surface area (Å²) in [5.41, 5.74) is 1.04. The Kier molecular flexibility index (Phi) is 5.20. The number of hydrogen-bond donors (Lipinski definition) is 2. The highest BCUT2D eigenvalue weighted by molar-refractivity contribution is 9.09. The van der Waals surface area contributed by atoms with Crippen molar-refractivity contribution in [3.63, 3.8) is 0 Å². The molecule has 1 atom stereocenters. The average molecular weight is 314 g/mol. The quantitative estimate of drug-likeness (QED) is 0.819. The summed E-state index contributed by atoms with van der Waals surface area (Å²) in [4.78, 5) is 12.1. The maximum absolute atomic E-state index is 12.1. The third-order valence-electron chi connectivity index (χ3n) is 3.31. The third kappa shape index (κ3) is 3.73. The predicted octanol–water partition coefficient (Wildman–Crippen LogP) is 3.38. The van der Waals surface area contributed by atoms with Crippen molar-refractivity contribution in [1.82, 2.24) is 5.32 Å². The second kappa shape index (κ2) is 6.23. The Morgan fingerprint density at radius 3 is 2.67 bits per heavy atom. The largest absolute Gasteiger partial charge is 0.508 e. The molecule has 0 radical (unpaired) electrons. The SMILES string of the molecule is CCC(C)(CCBr)NC(=O)c1ccc(C)c(O)c1. The van der Waals surface area contributed by atoms with Gasteiger partial charge in [0.15, 0.2) is 0 Å². The van der Waals surface area contributed by atoms with Crippen LogP contribution in [0, 0.1) is 6.92 Å². The highest BCUT2D eigenvalue weighted by Crippen LogP contribution is 2.20. The summed E-state index contributed by atoms with van der Waals surface area (Å²) in [5, 5.41) is 13.5. The molecular formula is C14H20BrNO2. The van der Waals surface area contributed by atoms with Gasteiger partial charge in [-0.05, 0) is 44.4 Å². The minimum atomic E-state index is -0.221. The zero-order valence-corrected chi connectivity index (χ0v) is 12.7. The van der Waals surface area contributed by atoms with E-state index < -0.39 is 0 Å². The first-order valence-electron chi connectivity index (χ1n) is 6.10. The van der Waals surface area contributed by atoms with Crippen LogP contribution in [-0.2, 0) is 0 Å². The fourth-order valence-electron chi connectivity index (χ4n) is 1.63. The first-order chi connectivity index (χ1) is 8.41. The molecule has 2 N–H and O–H groups in total. The number of aromatic hydroxyl groups is 1. The number of rotatable bonds is 5. The molecule has 4 heteroatoms. The van der Waals surface area contributed by atoms with E-state index in [0.29, 0.717) is 5.56 Å². The Morgan fingerprint density at radius 1 is 1.50 bits per heavy atom. The first-order valence-corrected chi connectivity index (χ1v) is 7.22. The summed E-state index contributed by atoms with van der Waals surface area (Å²) in [6.45, 7) is 5.88. The lowest BCUT2D eigenvalue weighted by Crippen LogP contribution is -2.45. The number of amides is 1. The Labute approximate surface area is 117 Å². The lowest BCUT2D eigenvalue weighted by molar-refractivity contribution is 0.0901. The van der Waals surface area contributed by atoms with E-state index in [-0.39, 0.29) is 17.2 Å². The van der Waals surface area contributed by atoms with Gasteiger partial charge in [-0.3, -0.25) is 4.79 Å². The van der Waals surface area contributed by atoms with Gasteiger partial charge in [-0.15, -0.1) is 0 Å². The van der Waals surface area contributed by atoms with Crippen LogP contribution in [0.1, 0.15) is 42.6 Å². The Bertz CT molecular complexity index is 434. The molecule has 0 fully saturated rings. The van der Waals surface area contributed by atoms with E-state index in [1.807, 2.05) is 6.92 Å². The molecule has 0 aliphatic heterocycles. The number of halogens is 1.